The molecule has 6 heteroatoms. The van der Waals surface area contributed by atoms with Gasteiger partial charge in [-0.3, -0.25) is 9.59 Å². The summed E-state index contributed by atoms with van der Waals surface area (Å²) in [6, 6.07) is 6.89. The van der Waals surface area contributed by atoms with Gasteiger partial charge < -0.3 is 16.0 Å². The monoisotopic (exact) mass is 323 g/mol. The topological polar surface area (TPSA) is 70.2 Å². The summed E-state index contributed by atoms with van der Waals surface area (Å²) in [5.41, 5.74) is 1.28. The van der Waals surface area contributed by atoms with Gasteiger partial charge in [0.1, 0.15) is 0 Å². The van der Waals surface area contributed by atoms with Gasteiger partial charge in [-0.15, -0.1) is 19.0 Å². The van der Waals surface area contributed by atoms with Crippen molar-refractivity contribution >= 4 is 29.9 Å². The minimum absolute atomic E-state index is 0. The maximum absolute atomic E-state index is 11.9. The average molecular weight is 324 g/mol. The standard InChI is InChI=1S/C16H21N3O2.ClH/c1-2-8-18-16(21)13-3-5-14(6-4-13)19-15(20)10-12-7-9-17-11-12;/h2-6,12,17H,1,7-11H2,(H,18,21)(H,19,20);1H. The Balaban J connectivity index is 0.00000242. The van der Waals surface area contributed by atoms with Crippen molar-refractivity contribution in [3.05, 3.63) is 42.5 Å². The van der Waals surface area contributed by atoms with Crippen molar-refractivity contribution in [2.24, 2.45) is 5.92 Å². The van der Waals surface area contributed by atoms with Gasteiger partial charge in [0.05, 0.1) is 0 Å². The number of nitrogens with one attached hydrogen (secondary N) is 3. The summed E-state index contributed by atoms with van der Waals surface area (Å²) in [7, 11) is 0. The van der Waals surface area contributed by atoms with Crippen LogP contribution in [0.5, 0.6) is 0 Å². The minimum Gasteiger partial charge on any atom is -0.349 e. The van der Waals surface area contributed by atoms with Crippen LogP contribution in [0.3, 0.4) is 0 Å². The molecule has 0 bridgehead atoms. The van der Waals surface area contributed by atoms with E-state index in [0.717, 1.165) is 19.5 Å². The fourth-order valence-corrected chi connectivity index (χ4v) is 2.33. The van der Waals surface area contributed by atoms with E-state index in [-0.39, 0.29) is 24.2 Å². The van der Waals surface area contributed by atoms with Crippen LogP contribution in [0.1, 0.15) is 23.2 Å². The highest BCUT2D eigenvalue weighted by atomic mass is 35.5. The van der Waals surface area contributed by atoms with Gasteiger partial charge in [0, 0.05) is 24.2 Å². The number of halogens is 1. The Morgan fingerprint density at radius 2 is 2.05 bits per heavy atom. The smallest absolute Gasteiger partial charge is 0.251 e. The first-order valence-corrected chi connectivity index (χ1v) is 7.19. The molecule has 120 valence electrons. The molecule has 1 aromatic rings. The first-order valence-electron chi connectivity index (χ1n) is 7.19. The summed E-state index contributed by atoms with van der Waals surface area (Å²) in [5, 5.41) is 8.82. The third-order valence-electron chi connectivity index (χ3n) is 3.47. The second kappa shape index (κ2) is 9.23. The summed E-state index contributed by atoms with van der Waals surface area (Å²) >= 11 is 0. The predicted octanol–water partition coefficient (Wildman–Crippen LogP) is 1.96. The molecule has 1 aliphatic rings. The SMILES string of the molecule is C=CCNC(=O)c1ccc(NC(=O)CC2CCNC2)cc1.Cl. The Morgan fingerprint density at radius 3 is 2.64 bits per heavy atom. The van der Waals surface area contributed by atoms with Gasteiger partial charge in [-0.1, -0.05) is 6.08 Å². The fourth-order valence-electron chi connectivity index (χ4n) is 2.33. The molecule has 2 rings (SSSR count). The predicted molar refractivity (Wildman–Crippen MR) is 90.4 cm³/mol. The number of hydrogen-bond donors (Lipinski definition) is 3. The Kier molecular flexibility index (Phi) is 7.63. The van der Waals surface area contributed by atoms with Crippen LogP contribution in [0, 0.1) is 5.92 Å². The van der Waals surface area contributed by atoms with Crippen LogP contribution in [0.25, 0.3) is 0 Å². The van der Waals surface area contributed by atoms with Gasteiger partial charge in [-0.25, -0.2) is 0 Å². The Morgan fingerprint density at radius 1 is 1.32 bits per heavy atom. The molecular formula is C16H22ClN3O2. The molecule has 22 heavy (non-hydrogen) atoms. The van der Waals surface area contributed by atoms with Crippen LogP contribution in [0.4, 0.5) is 5.69 Å². The van der Waals surface area contributed by atoms with Gasteiger partial charge in [0.2, 0.25) is 5.91 Å². The number of anilines is 1. The highest BCUT2D eigenvalue weighted by Crippen LogP contribution is 2.15. The third-order valence-corrected chi connectivity index (χ3v) is 3.47. The van der Waals surface area contributed by atoms with Crippen molar-refractivity contribution in [2.75, 3.05) is 25.0 Å². The lowest BCUT2D eigenvalue weighted by molar-refractivity contribution is -0.116. The zero-order valence-corrected chi connectivity index (χ0v) is 13.2. The second-order valence-corrected chi connectivity index (χ2v) is 5.19. The summed E-state index contributed by atoms with van der Waals surface area (Å²) in [4.78, 5) is 23.6. The molecule has 1 atom stereocenters. The normalized spacial score (nSPS) is 16.5. The summed E-state index contributed by atoms with van der Waals surface area (Å²) in [6.45, 7) is 5.89. The zero-order chi connectivity index (χ0) is 15.1. The highest BCUT2D eigenvalue weighted by Gasteiger charge is 2.18. The molecule has 0 spiro atoms. The van der Waals surface area contributed by atoms with Crippen molar-refractivity contribution in [1.29, 1.82) is 0 Å². The minimum atomic E-state index is -0.148. The van der Waals surface area contributed by atoms with E-state index in [0.29, 0.717) is 30.1 Å². The van der Waals surface area contributed by atoms with Gasteiger partial charge in [0.15, 0.2) is 0 Å². The third kappa shape index (κ3) is 5.50. The summed E-state index contributed by atoms with van der Waals surface area (Å²) in [6.07, 6.45) is 3.22. The molecule has 1 heterocycles. The Hall–Kier alpha value is -1.85. The number of carbonyl (C=O) groups excluding carboxylic acids is 2. The van der Waals surface area contributed by atoms with Crippen molar-refractivity contribution < 1.29 is 9.59 Å². The number of rotatable bonds is 6. The zero-order valence-electron chi connectivity index (χ0n) is 12.4. The molecule has 1 aromatic carbocycles. The molecule has 3 N–H and O–H groups in total. The first-order chi connectivity index (χ1) is 10.2. The van der Waals surface area contributed by atoms with Gasteiger partial charge in [-0.05, 0) is 49.7 Å². The molecule has 2 amide bonds. The quantitative estimate of drug-likeness (QED) is 0.701. The lowest BCUT2D eigenvalue weighted by Crippen LogP contribution is -2.23. The van der Waals surface area contributed by atoms with E-state index >= 15 is 0 Å². The highest BCUT2D eigenvalue weighted by molar-refractivity contribution is 5.95. The lowest BCUT2D eigenvalue weighted by Gasteiger charge is -2.09. The van der Waals surface area contributed by atoms with E-state index in [1.165, 1.54) is 0 Å². The number of carbonyl (C=O) groups is 2. The van der Waals surface area contributed by atoms with Gasteiger partial charge in [0.25, 0.3) is 5.91 Å². The molecule has 0 saturated carbocycles. The van der Waals surface area contributed by atoms with E-state index in [1.54, 1.807) is 30.3 Å². The molecule has 0 aliphatic carbocycles. The molecule has 1 fully saturated rings. The maximum Gasteiger partial charge on any atom is 0.251 e. The fraction of sp³-hybridized carbons (Fsp3) is 0.375. The van der Waals surface area contributed by atoms with E-state index < -0.39 is 0 Å². The van der Waals surface area contributed by atoms with Crippen LogP contribution in [0.2, 0.25) is 0 Å². The maximum atomic E-state index is 11.9. The van der Waals surface area contributed by atoms with Crippen LogP contribution in [-0.2, 0) is 4.79 Å². The first kappa shape index (κ1) is 18.2. The molecular weight excluding hydrogens is 302 g/mol. The largest absolute Gasteiger partial charge is 0.349 e. The Labute approximate surface area is 137 Å². The summed E-state index contributed by atoms with van der Waals surface area (Å²) < 4.78 is 0. The van der Waals surface area contributed by atoms with E-state index in [4.69, 9.17) is 0 Å². The van der Waals surface area contributed by atoms with Gasteiger partial charge >= 0.3 is 0 Å². The number of amides is 2. The molecule has 5 nitrogen and oxygen atoms in total. The molecule has 0 radical (unpaired) electrons. The van der Waals surface area contributed by atoms with Crippen LogP contribution >= 0.6 is 12.4 Å². The average Bonchev–Trinajstić information content (AvgIpc) is 2.98. The van der Waals surface area contributed by atoms with E-state index in [1.807, 2.05) is 0 Å². The Bertz CT molecular complexity index is 511. The van der Waals surface area contributed by atoms with Crippen LogP contribution in [0.15, 0.2) is 36.9 Å². The van der Waals surface area contributed by atoms with E-state index in [9.17, 15) is 9.59 Å². The van der Waals surface area contributed by atoms with Crippen molar-refractivity contribution in [3.8, 4) is 0 Å². The van der Waals surface area contributed by atoms with Crippen molar-refractivity contribution in [3.63, 3.8) is 0 Å². The second-order valence-electron chi connectivity index (χ2n) is 5.19. The van der Waals surface area contributed by atoms with E-state index in [2.05, 4.69) is 22.5 Å². The molecule has 1 aliphatic heterocycles. The lowest BCUT2D eigenvalue weighted by atomic mass is 10.0. The van der Waals surface area contributed by atoms with Crippen molar-refractivity contribution in [2.45, 2.75) is 12.8 Å². The molecule has 0 aromatic heterocycles. The summed E-state index contributed by atoms with van der Waals surface area (Å²) in [5.74, 6) is 0.298. The van der Waals surface area contributed by atoms with Crippen LogP contribution < -0.4 is 16.0 Å². The van der Waals surface area contributed by atoms with Crippen LogP contribution in [-0.4, -0.2) is 31.4 Å². The molecule has 1 saturated heterocycles. The molecule has 1 unspecified atom stereocenters. The van der Waals surface area contributed by atoms with Crippen molar-refractivity contribution in [1.82, 2.24) is 10.6 Å². The number of benzene rings is 1. The number of hydrogen-bond acceptors (Lipinski definition) is 3. The van der Waals surface area contributed by atoms with Gasteiger partial charge in [-0.2, -0.15) is 0 Å².